The number of primary amides is 1. The van der Waals surface area contributed by atoms with Gasteiger partial charge in [0, 0.05) is 32.2 Å². The summed E-state index contributed by atoms with van der Waals surface area (Å²) in [6, 6.07) is 29.0. The zero-order chi connectivity index (χ0) is 31.3. The average Bonchev–Trinajstić information content (AvgIpc) is 3.08. The predicted molar refractivity (Wildman–Crippen MR) is 178 cm³/mol. The highest BCUT2D eigenvalue weighted by Gasteiger charge is 2.32. The molecule has 2 aliphatic rings. The highest BCUT2D eigenvalue weighted by Crippen LogP contribution is 2.37. The Hall–Kier alpha value is -3.84. The van der Waals surface area contributed by atoms with Gasteiger partial charge in [-0.15, -0.1) is 0 Å². The second-order valence-corrected chi connectivity index (χ2v) is 12.7. The number of nitrogens with two attached hydrogens (primary N) is 1. The van der Waals surface area contributed by atoms with E-state index in [0.29, 0.717) is 44.2 Å². The Balaban J connectivity index is 1.22. The molecule has 2 amide bonds. The van der Waals surface area contributed by atoms with Crippen LogP contribution in [0.5, 0.6) is 5.75 Å². The number of carbonyl (C=O) groups is 2. The molecule has 1 heterocycles. The van der Waals surface area contributed by atoms with Crippen LogP contribution in [-0.4, -0.2) is 60.6 Å². The van der Waals surface area contributed by atoms with Crippen LogP contribution in [-0.2, 0) is 22.6 Å². The first-order chi connectivity index (χ1) is 22.0. The van der Waals surface area contributed by atoms with E-state index in [1.54, 1.807) is 0 Å². The standard InChI is InChI=1S/C38H49N3O4/c39-37(42)27-31-14-10-19-35(26-31)44-25-11-22-41(28-36(32-15-6-2-7-16-32)33-17-8-3-9-18-33)34-20-23-40(24-21-34)38(43)45-29-30-12-4-1-5-13-30/h1-2,4-7,10,12-16,19,26,33-34,36H,3,8-9,11,17-18,20-25,27-29H2,(H2,39,42). The van der Waals surface area contributed by atoms with E-state index in [4.69, 9.17) is 15.2 Å². The van der Waals surface area contributed by atoms with Gasteiger partial charge in [-0.1, -0.05) is 92.1 Å². The molecule has 45 heavy (non-hydrogen) atoms. The van der Waals surface area contributed by atoms with Crippen LogP contribution in [0, 0.1) is 5.92 Å². The average molecular weight is 612 g/mol. The van der Waals surface area contributed by atoms with Crippen LogP contribution in [0.4, 0.5) is 4.79 Å². The Morgan fingerprint density at radius 2 is 1.53 bits per heavy atom. The third-order valence-corrected chi connectivity index (χ3v) is 9.46. The lowest BCUT2D eigenvalue weighted by Gasteiger charge is -2.41. The monoisotopic (exact) mass is 611 g/mol. The van der Waals surface area contributed by atoms with Crippen LogP contribution in [0.3, 0.4) is 0 Å². The second-order valence-electron chi connectivity index (χ2n) is 12.7. The molecule has 1 atom stereocenters. The Morgan fingerprint density at radius 3 is 2.24 bits per heavy atom. The largest absolute Gasteiger partial charge is 0.494 e. The molecular formula is C38H49N3O4. The van der Waals surface area contributed by atoms with E-state index in [2.05, 4.69) is 35.2 Å². The fourth-order valence-electron chi connectivity index (χ4n) is 7.07. The first-order valence-corrected chi connectivity index (χ1v) is 16.8. The fraction of sp³-hybridized carbons (Fsp3) is 0.474. The van der Waals surface area contributed by atoms with Gasteiger partial charge < -0.3 is 20.1 Å². The molecule has 3 aromatic carbocycles. The number of carbonyl (C=O) groups excluding carboxylic acids is 2. The van der Waals surface area contributed by atoms with E-state index >= 15 is 0 Å². The maximum absolute atomic E-state index is 12.9. The molecule has 1 unspecified atom stereocenters. The molecule has 240 valence electrons. The molecule has 1 saturated heterocycles. The van der Waals surface area contributed by atoms with Crippen molar-refractivity contribution in [2.45, 2.75) is 76.4 Å². The van der Waals surface area contributed by atoms with Crippen molar-refractivity contribution >= 4 is 12.0 Å². The first-order valence-electron chi connectivity index (χ1n) is 16.8. The molecular weight excluding hydrogens is 562 g/mol. The summed E-state index contributed by atoms with van der Waals surface area (Å²) < 4.78 is 11.8. The van der Waals surface area contributed by atoms with E-state index in [-0.39, 0.29) is 18.4 Å². The molecule has 0 radical (unpaired) electrons. The Labute approximate surface area is 268 Å². The van der Waals surface area contributed by atoms with Crippen molar-refractivity contribution in [1.29, 1.82) is 0 Å². The quantitative estimate of drug-likeness (QED) is 0.200. The number of hydrogen-bond donors (Lipinski definition) is 1. The number of ether oxygens (including phenoxy) is 2. The van der Waals surface area contributed by atoms with Crippen molar-refractivity contribution in [3.05, 3.63) is 102 Å². The van der Waals surface area contributed by atoms with E-state index in [9.17, 15) is 9.59 Å². The van der Waals surface area contributed by atoms with Crippen LogP contribution < -0.4 is 10.5 Å². The van der Waals surface area contributed by atoms with Gasteiger partial charge in [-0.3, -0.25) is 9.69 Å². The van der Waals surface area contributed by atoms with Gasteiger partial charge in [0.15, 0.2) is 0 Å². The van der Waals surface area contributed by atoms with Gasteiger partial charge in [0.2, 0.25) is 5.91 Å². The number of hydrogen-bond acceptors (Lipinski definition) is 5. The lowest BCUT2D eigenvalue weighted by Crippen LogP contribution is -2.48. The van der Waals surface area contributed by atoms with Gasteiger partial charge in [-0.05, 0) is 72.8 Å². The lowest BCUT2D eigenvalue weighted by atomic mass is 9.76. The fourth-order valence-corrected chi connectivity index (χ4v) is 7.07. The highest BCUT2D eigenvalue weighted by atomic mass is 16.6. The van der Waals surface area contributed by atoms with Crippen molar-refractivity contribution in [2.75, 3.05) is 32.8 Å². The normalized spacial score (nSPS) is 16.8. The number of likely N-dealkylation sites (tertiary alicyclic amines) is 1. The third-order valence-electron chi connectivity index (χ3n) is 9.46. The van der Waals surface area contributed by atoms with Crippen molar-refractivity contribution in [3.63, 3.8) is 0 Å². The molecule has 5 rings (SSSR count). The van der Waals surface area contributed by atoms with Crippen LogP contribution in [0.25, 0.3) is 0 Å². The van der Waals surface area contributed by atoms with E-state index in [1.165, 1.54) is 37.7 Å². The Kier molecular flexibility index (Phi) is 12.3. The zero-order valence-electron chi connectivity index (χ0n) is 26.5. The molecule has 7 heteroatoms. The third kappa shape index (κ3) is 10.1. The van der Waals surface area contributed by atoms with Gasteiger partial charge >= 0.3 is 6.09 Å². The topological polar surface area (TPSA) is 85.1 Å². The molecule has 0 spiro atoms. The van der Waals surface area contributed by atoms with Gasteiger partial charge in [0.1, 0.15) is 12.4 Å². The Bertz CT molecular complexity index is 1320. The molecule has 0 aromatic heterocycles. The van der Waals surface area contributed by atoms with E-state index in [1.807, 2.05) is 59.5 Å². The number of benzene rings is 3. The summed E-state index contributed by atoms with van der Waals surface area (Å²) in [7, 11) is 0. The second kappa shape index (κ2) is 17.0. The molecule has 1 saturated carbocycles. The van der Waals surface area contributed by atoms with E-state index in [0.717, 1.165) is 49.2 Å². The van der Waals surface area contributed by atoms with Crippen molar-refractivity contribution in [1.82, 2.24) is 9.80 Å². The lowest BCUT2D eigenvalue weighted by molar-refractivity contribution is -0.117. The van der Waals surface area contributed by atoms with Crippen molar-refractivity contribution in [3.8, 4) is 5.75 Å². The summed E-state index contributed by atoms with van der Waals surface area (Å²) in [6.07, 6.45) is 9.33. The van der Waals surface area contributed by atoms with Crippen LogP contribution >= 0.6 is 0 Å². The molecule has 7 nitrogen and oxygen atoms in total. The molecule has 3 aromatic rings. The smallest absolute Gasteiger partial charge is 0.410 e. The van der Waals surface area contributed by atoms with Crippen molar-refractivity contribution < 1.29 is 19.1 Å². The number of piperidine rings is 1. The summed E-state index contributed by atoms with van der Waals surface area (Å²) >= 11 is 0. The van der Waals surface area contributed by atoms with Crippen LogP contribution in [0.15, 0.2) is 84.9 Å². The van der Waals surface area contributed by atoms with E-state index < -0.39 is 0 Å². The van der Waals surface area contributed by atoms with Gasteiger partial charge in [-0.25, -0.2) is 4.79 Å². The maximum atomic E-state index is 12.9. The summed E-state index contributed by atoms with van der Waals surface area (Å²) in [5.41, 5.74) is 8.70. The highest BCUT2D eigenvalue weighted by molar-refractivity contribution is 5.76. The number of amides is 2. The van der Waals surface area contributed by atoms with Crippen molar-refractivity contribution in [2.24, 2.45) is 11.7 Å². The summed E-state index contributed by atoms with van der Waals surface area (Å²) in [4.78, 5) is 28.8. The molecule has 1 aliphatic carbocycles. The SMILES string of the molecule is NC(=O)Cc1cccc(OCCCN(CC(c2ccccc2)C2CCCCC2)C2CCN(C(=O)OCc3ccccc3)CC2)c1. The van der Waals surface area contributed by atoms with Gasteiger partial charge in [-0.2, -0.15) is 0 Å². The minimum absolute atomic E-state index is 0.214. The first kappa shape index (κ1) is 32.6. The number of nitrogens with zero attached hydrogens (tertiary/aromatic N) is 2. The zero-order valence-corrected chi connectivity index (χ0v) is 26.5. The summed E-state index contributed by atoms with van der Waals surface area (Å²) in [5, 5.41) is 0. The maximum Gasteiger partial charge on any atom is 0.410 e. The van der Waals surface area contributed by atoms with Gasteiger partial charge in [0.25, 0.3) is 0 Å². The summed E-state index contributed by atoms with van der Waals surface area (Å²) in [5.74, 6) is 1.61. The summed E-state index contributed by atoms with van der Waals surface area (Å²) in [6.45, 7) is 4.26. The number of rotatable bonds is 14. The molecule has 2 N–H and O–H groups in total. The van der Waals surface area contributed by atoms with Crippen LogP contribution in [0.1, 0.15) is 74.0 Å². The van der Waals surface area contributed by atoms with Gasteiger partial charge in [0.05, 0.1) is 13.0 Å². The predicted octanol–water partition coefficient (Wildman–Crippen LogP) is 6.95. The Morgan fingerprint density at radius 1 is 0.844 bits per heavy atom. The molecule has 1 aliphatic heterocycles. The minimum Gasteiger partial charge on any atom is -0.494 e. The minimum atomic E-state index is -0.343. The molecule has 2 fully saturated rings. The van der Waals surface area contributed by atoms with Crippen LogP contribution in [0.2, 0.25) is 0 Å². The molecule has 0 bridgehead atoms.